The molecule has 0 aliphatic rings. The van der Waals surface area contributed by atoms with Crippen molar-refractivity contribution in [3.63, 3.8) is 0 Å². The van der Waals surface area contributed by atoms with E-state index in [1.807, 2.05) is 16.7 Å². The summed E-state index contributed by atoms with van der Waals surface area (Å²) < 4.78 is 1.99. The van der Waals surface area contributed by atoms with Gasteiger partial charge in [0, 0.05) is 18.7 Å². The molecule has 112 valence electrons. The summed E-state index contributed by atoms with van der Waals surface area (Å²) in [4.78, 5) is 4.33. The fourth-order valence-electron chi connectivity index (χ4n) is 2.07. The Hall–Kier alpha value is -2.37. The Labute approximate surface area is 125 Å². The van der Waals surface area contributed by atoms with E-state index in [-0.39, 0.29) is 0 Å². The van der Waals surface area contributed by atoms with Crippen LogP contribution in [-0.4, -0.2) is 27.3 Å². The van der Waals surface area contributed by atoms with Gasteiger partial charge in [-0.05, 0) is 24.1 Å². The number of nitrogens with one attached hydrogen (secondary N) is 1. The zero-order valence-electron chi connectivity index (χ0n) is 12.6. The van der Waals surface area contributed by atoms with Gasteiger partial charge in [0.05, 0.1) is 6.54 Å². The van der Waals surface area contributed by atoms with Crippen LogP contribution in [0.4, 0.5) is 5.69 Å². The highest BCUT2D eigenvalue weighted by Crippen LogP contribution is 2.10. The lowest BCUT2D eigenvalue weighted by atomic mass is 10.1. The maximum Gasteiger partial charge on any atom is 0.193 e. The van der Waals surface area contributed by atoms with Gasteiger partial charge in [-0.25, -0.2) is 0 Å². The molecule has 0 radical (unpaired) electrons. The Morgan fingerprint density at radius 1 is 1.33 bits per heavy atom. The first-order valence-corrected chi connectivity index (χ1v) is 7.25. The number of aryl methyl sites for hydroxylation is 2. The number of nitrogens with zero attached hydrogens (tertiary/aromatic N) is 4. The molecule has 0 unspecified atom stereocenters. The molecule has 0 aliphatic heterocycles. The lowest BCUT2D eigenvalue weighted by Crippen LogP contribution is -2.23. The maximum absolute atomic E-state index is 5.91. The molecule has 0 fully saturated rings. The first-order chi connectivity index (χ1) is 10.2. The summed E-state index contributed by atoms with van der Waals surface area (Å²) in [6.07, 6.45) is 3.59. The Morgan fingerprint density at radius 3 is 2.95 bits per heavy atom. The normalized spacial score (nSPS) is 11.6. The molecule has 2 aromatic rings. The Bertz CT molecular complexity index is 602. The van der Waals surface area contributed by atoms with Crippen molar-refractivity contribution < 1.29 is 0 Å². The van der Waals surface area contributed by atoms with Gasteiger partial charge in [0.15, 0.2) is 5.96 Å². The molecule has 0 atom stereocenters. The van der Waals surface area contributed by atoms with Gasteiger partial charge in [0.2, 0.25) is 0 Å². The SMILES string of the molecule is CCc1cccc(NC(N)=NCCn2cnnc2CC)c1. The zero-order valence-corrected chi connectivity index (χ0v) is 12.6. The van der Waals surface area contributed by atoms with Gasteiger partial charge >= 0.3 is 0 Å². The van der Waals surface area contributed by atoms with Gasteiger partial charge in [0.1, 0.15) is 12.2 Å². The molecule has 6 nitrogen and oxygen atoms in total. The Kier molecular flexibility index (Phi) is 5.31. The molecule has 3 N–H and O–H groups in total. The summed E-state index contributed by atoms with van der Waals surface area (Å²) in [5.41, 5.74) is 8.14. The minimum atomic E-state index is 0.425. The largest absolute Gasteiger partial charge is 0.370 e. The number of anilines is 1. The van der Waals surface area contributed by atoms with Crippen molar-refractivity contribution >= 4 is 11.6 Å². The molecule has 0 bridgehead atoms. The molecule has 2 rings (SSSR count). The van der Waals surface area contributed by atoms with Gasteiger partial charge in [-0.3, -0.25) is 4.99 Å². The van der Waals surface area contributed by atoms with Crippen molar-refractivity contribution in [1.29, 1.82) is 0 Å². The lowest BCUT2D eigenvalue weighted by molar-refractivity contribution is 0.666. The summed E-state index contributed by atoms with van der Waals surface area (Å²) >= 11 is 0. The second-order valence-corrected chi connectivity index (χ2v) is 4.74. The minimum absolute atomic E-state index is 0.425. The molecular weight excluding hydrogens is 264 g/mol. The monoisotopic (exact) mass is 286 g/mol. The van der Waals surface area contributed by atoms with E-state index in [0.29, 0.717) is 12.5 Å². The lowest BCUT2D eigenvalue weighted by Gasteiger charge is -2.07. The van der Waals surface area contributed by atoms with Crippen LogP contribution in [0.3, 0.4) is 0 Å². The van der Waals surface area contributed by atoms with Gasteiger partial charge in [0.25, 0.3) is 0 Å². The fourth-order valence-corrected chi connectivity index (χ4v) is 2.07. The predicted molar refractivity (Wildman–Crippen MR) is 85.3 cm³/mol. The minimum Gasteiger partial charge on any atom is -0.370 e. The molecule has 1 aromatic heterocycles. The number of hydrogen-bond donors (Lipinski definition) is 2. The average Bonchev–Trinajstić information content (AvgIpc) is 2.95. The molecule has 0 spiro atoms. The molecule has 1 heterocycles. The highest BCUT2D eigenvalue weighted by molar-refractivity contribution is 5.92. The number of hydrogen-bond acceptors (Lipinski definition) is 3. The molecule has 0 amide bonds. The van der Waals surface area contributed by atoms with E-state index < -0.39 is 0 Å². The molecule has 1 aromatic carbocycles. The van der Waals surface area contributed by atoms with Crippen LogP contribution in [0.1, 0.15) is 25.2 Å². The molecular formula is C15H22N6. The van der Waals surface area contributed by atoms with E-state index in [0.717, 1.165) is 30.9 Å². The van der Waals surface area contributed by atoms with Gasteiger partial charge in [-0.1, -0.05) is 26.0 Å². The summed E-state index contributed by atoms with van der Waals surface area (Å²) in [6.45, 7) is 5.51. The number of nitrogens with two attached hydrogens (primary N) is 1. The van der Waals surface area contributed by atoms with Crippen LogP contribution in [0.5, 0.6) is 0 Å². The third-order valence-corrected chi connectivity index (χ3v) is 3.24. The standard InChI is InChI=1S/C15H22N6/c1-3-12-6-5-7-13(10-12)19-15(16)17-8-9-21-11-18-20-14(21)4-2/h5-7,10-11H,3-4,8-9H2,1-2H3,(H3,16,17,19). The van der Waals surface area contributed by atoms with Gasteiger partial charge < -0.3 is 15.6 Å². The van der Waals surface area contributed by atoms with E-state index in [4.69, 9.17) is 5.73 Å². The van der Waals surface area contributed by atoms with Crippen molar-refractivity contribution in [3.8, 4) is 0 Å². The summed E-state index contributed by atoms with van der Waals surface area (Å²) in [5.74, 6) is 1.39. The first-order valence-electron chi connectivity index (χ1n) is 7.25. The van der Waals surface area contributed by atoms with Crippen LogP contribution in [0.15, 0.2) is 35.6 Å². The van der Waals surface area contributed by atoms with Crippen LogP contribution < -0.4 is 11.1 Å². The van der Waals surface area contributed by atoms with Crippen molar-refractivity contribution in [2.24, 2.45) is 10.7 Å². The average molecular weight is 286 g/mol. The highest BCUT2D eigenvalue weighted by Gasteiger charge is 2.01. The highest BCUT2D eigenvalue weighted by atomic mass is 15.3. The topological polar surface area (TPSA) is 81.1 Å². The van der Waals surface area contributed by atoms with E-state index >= 15 is 0 Å². The van der Waals surface area contributed by atoms with Crippen molar-refractivity contribution in [2.75, 3.05) is 11.9 Å². The van der Waals surface area contributed by atoms with Crippen molar-refractivity contribution in [3.05, 3.63) is 42.0 Å². The quantitative estimate of drug-likeness (QED) is 0.627. The Balaban J connectivity index is 1.89. The van der Waals surface area contributed by atoms with Crippen LogP contribution in [0.25, 0.3) is 0 Å². The van der Waals surface area contributed by atoms with Gasteiger partial charge in [-0.2, -0.15) is 0 Å². The number of rotatable bonds is 6. The second kappa shape index (κ2) is 7.42. The van der Waals surface area contributed by atoms with E-state index in [9.17, 15) is 0 Å². The third-order valence-electron chi connectivity index (χ3n) is 3.24. The molecule has 0 saturated carbocycles. The van der Waals surface area contributed by atoms with Crippen molar-refractivity contribution in [2.45, 2.75) is 33.2 Å². The van der Waals surface area contributed by atoms with Crippen LogP contribution in [0, 0.1) is 0 Å². The van der Waals surface area contributed by atoms with Gasteiger partial charge in [-0.15, -0.1) is 10.2 Å². The fraction of sp³-hybridized carbons (Fsp3) is 0.400. The maximum atomic E-state index is 5.91. The molecule has 0 aliphatic carbocycles. The second-order valence-electron chi connectivity index (χ2n) is 4.74. The van der Waals surface area contributed by atoms with Crippen LogP contribution in [-0.2, 0) is 19.4 Å². The number of aromatic nitrogens is 3. The van der Waals surface area contributed by atoms with Crippen LogP contribution >= 0.6 is 0 Å². The summed E-state index contributed by atoms with van der Waals surface area (Å²) in [6, 6.07) is 8.17. The van der Waals surface area contributed by atoms with E-state index in [2.05, 4.69) is 46.5 Å². The zero-order chi connectivity index (χ0) is 15.1. The number of guanidine groups is 1. The first kappa shape index (κ1) is 15.0. The van der Waals surface area contributed by atoms with Crippen LogP contribution in [0.2, 0.25) is 0 Å². The van der Waals surface area contributed by atoms with E-state index in [1.54, 1.807) is 6.33 Å². The van der Waals surface area contributed by atoms with Crippen molar-refractivity contribution in [1.82, 2.24) is 14.8 Å². The van der Waals surface area contributed by atoms with E-state index in [1.165, 1.54) is 5.56 Å². The smallest absolute Gasteiger partial charge is 0.193 e. The predicted octanol–water partition coefficient (Wildman–Crippen LogP) is 1.83. The number of aliphatic imine (C=N–C) groups is 1. The Morgan fingerprint density at radius 2 is 2.19 bits per heavy atom. The summed E-state index contributed by atoms with van der Waals surface area (Å²) in [7, 11) is 0. The molecule has 0 saturated heterocycles. The number of benzene rings is 1. The molecule has 21 heavy (non-hydrogen) atoms. The molecule has 6 heteroatoms. The third kappa shape index (κ3) is 4.30. The summed E-state index contributed by atoms with van der Waals surface area (Å²) in [5, 5.41) is 11.0.